The maximum atomic E-state index is 4.41. The van der Waals surface area contributed by atoms with Crippen LogP contribution in [0.25, 0.3) is 0 Å². The Morgan fingerprint density at radius 3 is 3.06 bits per heavy atom. The van der Waals surface area contributed by atoms with Crippen molar-refractivity contribution in [1.82, 2.24) is 14.9 Å². The molecule has 0 radical (unpaired) electrons. The van der Waals surface area contributed by atoms with Gasteiger partial charge in [-0.25, -0.2) is 4.98 Å². The summed E-state index contributed by atoms with van der Waals surface area (Å²) in [6, 6.07) is 1.02. The number of aromatic nitrogens is 2. The van der Waals surface area contributed by atoms with Gasteiger partial charge in [0.25, 0.3) is 0 Å². The highest BCUT2D eigenvalue weighted by molar-refractivity contribution is 7.99. The van der Waals surface area contributed by atoms with Crippen LogP contribution >= 0.6 is 11.8 Å². The summed E-state index contributed by atoms with van der Waals surface area (Å²) in [6.07, 6.45) is 7.87. The van der Waals surface area contributed by atoms with E-state index in [2.05, 4.69) is 47.5 Å². The topological polar surface area (TPSA) is 29.9 Å². The molecule has 0 saturated heterocycles. The summed E-state index contributed by atoms with van der Waals surface area (Å²) in [4.78, 5) is 4.41. The number of rotatable bonds is 5. The molecule has 1 saturated carbocycles. The molecule has 0 spiro atoms. The third-order valence-corrected chi connectivity index (χ3v) is 4.75. The normalized spacial score (nSPS) is 26.3. The average Bonchev–Trinajstić information content (AvgIpc) is 2.88. The first-order valence-electron chi connectivity index (χ1n) is 6.55. The second kappa shape index (κ2) is 5.91. The van der Waals surface area contributed by atoms with E-state index in [1.54, 1.807) is 0 Å². The number of nitrogens with one attached hydrogen (secondary N) is 1. The van der Waals surface area contributed by atoms with Gasteiger partial charge in [-0.2, -0.15) is 11.8 Å². The van der Waals surface area contributed by atoms with Gasteiger partial charge in [0.2, 0.25) is 0 Å². The van der Waals surface area contributed by atoms with Crippen molar-refractivity contribution in [3.8, 4) is 0 Å². The molecule has 3 nitrogen and oxygen atoms in total. The van der Waals surface area contributed by atoms with Crippen molar-refractivity contribution in [3.63, 3.8) is 0 Å². The summed E-state index contributed by atoms with van der Waals surface area (Å²) < 4.78 is 2.10. The van der Waals surface area contributed by atoms with Gasteiger partial charge >= 0.3 is 0 Å². The lowest BCUT2D eigenvalue weighted by Crippen LogP contribution is -2.31. The highest BCUT2D eigenvalue weighted by Crippen LogP contribution is 2.30. The quantitative estimate of drug-likeness (QED) is 0.875. The van der Waals surface area contributed by atoms with Gasteiger partial charge in [-0.1, -0.05) is 6.92 Å². The molecule has 0 bridgehead atoms. The van der Waals surface area contributed by atoms with E-state index in [1.807, 2.05) is 12.4 Å². The second-order valence-corrected chi connectivity index (χ2v) is 6.45. The van der Waals surface area contributed by atoms with Crippen LogP contribution in [0.2, 0.25) is 0 Å². The monoisotopic (exact) mass is 253 g/mol. The standard InChI is InChI=1S/C13H23N3S/c1-4-17-12-6-5-11(9-12)15-10(2)13-14-7-8-16(13)3/h7-8,10-12,15H,4-6,9H2,1-3H3. The largest absolute Gasteiger partial charge is 0.337 e. The Labute approximate surface area is 108 Å². The third kappa shape index (κ3) is 3.26. The Kier molecular flexibility index (Phi) is 4.51. The van der Waals surface area contributed by atoms with Crippen molar-refractivity contribution >= 4 is 11.8 Å². The number of thioether (sulfide) groups is 1. The first-order chi connectivity index (χ1) is 8.20. The predicted molar refractivity (Wildman–Crippen MR) is 74.3 cm³/mol. The van der Waals surface area contributed by atoms with Gasteiger partial charge < -0.3 is 9.88 Å². The van der Waals surface area contributed by atoms with E-state index in [0.717, 1.165) is 11.1 Å². The van der Waals surface area contributed by atoms with Gasteiger partial charge in [-0.3, -0.25) is 0 Å². The molecule has 3 unspecified atom stereocenters. The predicted octanol–water partition coefficient (Wildman–Crippen LogP) is 2.74. The molecule has 1 aromatic heterocycles. The van der Waals surface area contributed by atoms with Crippen molar-refractivity contribution in [1.29, 1.82) is 0 Å². The Bertz CT molecular complexity index is 350. The molecule has 0 aromatic carbocycles. The maximum Gasteiger partial charge on any atom is 0.125 e. The first-order valence-corrected chi connectivity index (χ1v) is 7.60. The molecule has 96 valence electrons. The number of nitrogens with zero attached hydrogens (tertiary/aromatic N) is 2. The number of hydrogen-bond acceptors (Lipinski definition) is 3. The van der Waals surface area contributed by atoms with E-state index in [1.165, 1.54) is 25.0 Å². The molecule has 0 aliphatic heterocycles. The zero-order chi connectivity index (χ0) is 12.3. The molecule has 1 aliphatic rings. The first kappa shape index (κ1) is 13.0. The Hall–Kier alpha value is -0.480. The zero-order valence-corrected chi connectivity index (χ0v) is 11.8. The minimum absolute atomic E-state index is 0.352. The van der Waals surface area contributed by atoms with Gasteiger partial charge in [-0.05, 0) is 31.9 Å². The minimum atomic E-state index is 0.352. The molecule has 17 heavy (non-hydrogen) atoms. The molecular formula is C13H23N3S. The van der Waals surface area contributed by atoms with Crippen LogP contribution in [0.4, 0.5) is 0 Å². The number of aryl methyl sites for hydroxylation is 1. The lowest BCUT2D eigenvalue weighted by atomic mass is 10.2. The smallest absolute Gasteiger partial charge is 0.125 e. The summed E-state index contributed by atoms with van der Waals surface area (Å²) >= 11 is 2.11. The van der Waals surface area contributed by atoms with Gasteiger partial charge in [0.05, 0.1) is 6.04 Å². The average molecular weight is 253 g/mol. The summed E-state index contributed by atoms with van der Waals surface area (Å²) in [5.41, 5.74) is 0. The molecule has 4 heteroatoms. The second-order valence-electron chi connectivity index (χ2n) is 4.87. The van der Waals surface area contributed by atoms with E-state index < -0.39 is 0 Å². The van der Waals surface area contributed by atoms with Gasteiger partial charge in [0.1, 0.15) is 5.82 Å². The molecule has 2 rings (SSSR count). The lowest BCUT2D eigenvalue weighted by molar-refractivity contribution is 0.440. The summed E-state index contributed by atoms with van der Waals surface area (Å²) in [5.74, 6) is 2.38. The molecule has 1 N–H and O–H groups in total. The maximum absolute atomic E-state index is 4.41. The Balaban J connectivity index is 1.84. The van der Waals surface area contributed by atoms with Gasteiger partial charge in [0.15, 0.2) is 0 Å². The summed E-state index contributed by atoms with van der Waals surface area (Å²) in [5, 5.41) is 4.58. The lowest BCUT2D eigenvalue weighted by Gasteiger charge is -2.19. The number of imidazole rings is 1. The fraction of sp³-hybridized carbons (Fsp3) is 0.769. The Morgan fingerprint density at radius 1 is 1.59 bits per heavy atom. The molecule has 0 amide bonds. The van der Waals surface area contributed by atoms with E-state index in [0.29, 0.717) is 12.1 Å². The van der Waals surface area contributed by atoms with E-state index in [4.69, 9.17) is 0 Å². The van der Waals surface area contributed by atoms with Gasteiger partial charge in [-0.15, -0.1) is 0 Å². The summed E-state index contributed by atoms with van der Waals surface area (Å²) in [7, 11) is 2.06. The minimum Gasteiger partial charge on any atom is -0.337 e. The molecule has 1 fully saturated rings. The Morgan fingerprint density at radius 2 is 2.41 bits per heavy atom. The SMILES string of the molecule is CCSC1CCC(NC(C)c2nccn2C)C1. The van der Waals surface area contributed by atoms with Crippen molar-refractivity contribution in [3.05, 3.63) is 18.2 Å². The fourth-order valence-corrected chi connectivity index (χ4v) is 3.84. The van der Waals surface area contributed by atoms with Crippen LogP contribution in [0.5, 0.6) is 0 Å². The van der Waals surface area contributed by atoms with Crippen LogP contribution in [-0.4, -0.2) is 26.6 Å². The van der Waals surface area contributed by atoms with E-state index >= 15 is 0 Å². The molecule has 1 aliphatic carbocycles. The van der Waals surface area contributed by atoms with Crippen molar-refractivity contribution in [2.24, 2.45) is 7.05 Å². The van der Waals surface area contributed by atoms with Crippen LogP contribution in [0, 0.1) is 0 Å². The van der Waals surface area contributed by atoms with Crippen molar-refractivity contribution < 1.29 is 0 Å². The fourth-order valence-electron chi connectivity index (χ4n) is 2.70. The van der Waals surface area contributed by atoms with Crippen LogP contribution < -0.4 is 5.32 Å². The number of hydrogen-bond donors (Lipinski definition) is 1. The van der Waals surface area contributed by atoms with E-state index in [9.17, 15) is 0 Å². The van der Waals surface area contributed by atoms with Crippen LogP contribution in [0.1, 0.15) is 45.0 Å². The van der Waals surface area contributed by atoms with Crippen LogP contribution in [-0.2, 0) is 7.05 Å². The third-order valence-electron chi connectivity index (χ3n) is 3.52. The summed E-state index contributed by atoms with van der Waals surface area (Å²) in [6.45, 7) is 4.46. The van der Waals surface area contributed by atoms with Crippen LogP contribution in [0.3, 0.4) is 0 Å². The molecular weight excluding hydrogens is 230 g/mol. The molecule has 3 atom stereocenters. The van der Waals surface area contributed by atoms with Gasteiger partial charge in [0, 0.05) is 30.7 Å². The van der Waals surface area contributed by atoms with Crippen molar-refractivity contribution in [2.45, 2.75) is 50.4 Å². The molecule has 1 heterocycles. The highest BCUT2D eigenvalue weighted by Gasteiger charge is 2.26. The zero-order valence-electron chi connectivity index (χ0n) is 11.0. The van der Waals surface area contributed by atoms with Crippen molar-refractivity contribution in [2.75, 3.05) is 5.75 Å². The highest BCUT2D eigenvalue weighted by atomic mass is 32.2. The van der Waals surface area contributed by atoms with E-state index in [-0.39, 0.29) is 0 Å². The molecule has 1 aromatic rings. The van der Waals surface area contributed by atoms with Crippen LogP contribution in [0.15, 0.2) is 12.4 Å².